The predicted octanol–water partition coefficient (Wildman–Crippen LogP) is 3.61. The molecule has 1 aliphatic rings. The molecule has 26 heavy (non-hydrogen) atoms. The van der Waals surface area contributed by atoms with Crippen molar-refractivity contribution in [2.45, 2.75) is 20.8 Å². The summed E-state index contributed by atoms with van der Waals surface area (Å²) in [6.07, 6.45) is 0. The summed E-state index contributed by atoms with van der Waals surface area (Å²) in [5.74, 6) is -1.28. The first-order valence-corrected chi connectivity index (χ1v) is 8.21. The van der Waals surface area contributed by atoms with E-state index < -0.39 is 11.9 Å². The van der Waals surface area contributed by atoms with E-state index in [-0.39, 0.29) is 5.91 Å². The van der Waals surface area contributed by atoms with Crippen LogP contribution in [0.2, 0.25) is 0 Å². The van der Waals surface area contributed by atoms with E-state index in [4.69, 9.17) is 4.74 Å². The monoisotopic (exact) mass is 349 g/mol. The maximum atomic E-state index is 13.0. The Morgan fingerprint density at radius 3 is 2.27 bits per heavy atom. The molecular formula is C21H19NO4. The molecule has 5 heteroatoms. The summed E-state index contributed by atoms with van der Waals surface area (Å²) in [4.78, 5) is 38.3. The van der Waals surface area contributed by atoms with Gasteiger partial charge in [-0.15, -0.1) is 0 Å². The molecule has 132 valence electrons. The number of imide groups is 1. The van der Waals surface area contributed by atoms with Gasteiger partial charge in [-0.1, -0.05) is 30.3 Å². The van der Waals surface area contributed by atoms with Crippen molar-refractivity contribution in [1.29, 1.82) is 0 Å². The molecule has 0 aliphatic carbocycles. The smallest absolute Gasteiger partial charge is 0.338 e. The third kappa shape index (κ3) is 2.71. The standard InChI is InChI=1S/C21H19NO4/c1-12-10-17-18(11-16(12)21(25)26-4)22(14(3)23)20(24)19(17)13(2)15-8-6-5-7-9-15/h5-11H,1-4H3/b19-13-. The molecule has 2 aromatic carbocycles. The van der Waals surface area contributed by atoms with Crippen LogP contribution in [0.5, 0.6) is 0 Å². The molecule has 2 aromatic rings. The highest BCUT2D eigenvalue weighted by Crippen LogP contribution is 2.42. The first-order valence-electron chi connectivity index (χ1n) is 8.21. The molecule has 3 rings (SSSR count). The number of methoxy groups -OCH3 is 1. The Morgan fingerprint density at radius 1 is 1.04 bits per heavy atom. The number of anilines is 1. The van der Waals surface area contributed by atoms with Crippen LogP contribution in [0.25, 0.3) is 11.1 Å². The number of aryl methyl sites for hydroxylation is 1. The fourth-order valence-corrected chi connectivity index (χ4v) is 3.26. The van der Waals surface area contributed by atoms with Crippen molar-refractivity contribution in [3.05, 3.63) is 64.7 Å². The van der Waals surface area contributed by atoms with Crippen LogP contribution in [0.1, 0.15) is 40.9 Å². The van der Waals surface area contributed by atoms with Crippen molar-refractivity contribution in [2.24, 2.45) is 0 Å². The number of benzene rings is 2. The number of hydrogen-bond acceptors (Lipinski definition) is 4. The second kappa shape index (κ2) is 6.59. The Balaban J connectivity index is 2.30. The molecular weight excluding hydrogens is 330 g/mol. The van der Waals surface area contributed by atoms with Gasteiger partial charge in [0.15, 0.2) is 0 Å². The zero-order chi connectivity index (χ0) is 19.0. The number of ether oxygens (including phenoxy) is 1. The minimum Gasteiger partial charge on any atom is -0.465 e. The van der Waals surface area contributed by atoms with Gasteiger partial charge in [-0.25, -0.2) is 9.69 Å². The Labute approximate surface area is 151 Å². The number of amides is 2. The molecule has 0 spiro atoms. The quantitative estimate of drug-likeness (QED) is 0.614. The average Bonchev–Trinajstić information content (AvgIpc) is 2.91. The van der Waals surface area contributed by atoms with Gasteiger partial charge in [0.05, 0.1) is 23.9 Å². The van der Waals surface area contributed by atoms with Crippen LogP contribution in [0.4, 0.5) is 5.69 Å². The molecule has 0 saturated heterocycles. The summed E-state index contributed by atoms with van der Waals surface area (Å²) >= 11 is 0. The van der Waals surface area contributed by atoms with Crippen molar-refractivity contribution in [3.63, 3.8) is 0 Å². The van der Waals surface area contributed by atoms with Gasteiger partial charge in [-0.3, -0.25) is 9.59 Å². The number of nitrogens with zero attached hydrogens (tertiary/aromatic N) is 1. The average molecular weight is 349 g/mol. The molecule has 0 saturated carbocycles. The molecule has 5 nitrogen and oxygen atoms in total. The van der Waals surface area contributed by atoms with Crippen LogP contribution >= 0.6 is 0 Å². The molecule has 0 unspecified atom stereocenters. The first-order chi connectivity index (χ1) is 12.4. The van der Waals surface area contributed by atoms with Gasteiger partial charge in [0.2, 0.25) is 5.91 Å². The van der Waals surface area contributed by atoms with Gasteiger partial charge in [0, 0.05) is 12.5 Å². The minimum absolute atomic E-state index is 0.337. The summed E-state index contributed by atoms with van der Waals surface area (Å²) in [6, 6.07) is 12.9. The van der Waals surface area contributed by atoms with Crippen molar-refractivity contribution in [3.8, 4) is 0 Å². The van der Waals surface area contributed by atoms with E-state index in [0.717, 1.165) is 16.0 Å². The van der Waals surface area contributed by atoms with E-state index >= 15 is 0 Å². The van der Waals surface area contributed by atoms with Gasteiger partial charge < -0.3 is 4.74 Å². The lowest BCUT2D eigenvalue weighted by Crippen LogP contribution is -2.31. The maximum absolute atomic E-state index is 13.0. The number of rotatable bonds is 2. The number of esters is 1. The lowest BCUT2D eigenvalue weighted by atomic mass is 9.94. The van der Waals surface area contributed by atoms with Crippen LogP contribution in [-0.2, 0) is 14.3 Å². The van der Waals surface area contributed by atoms with E-state index in [2.05, 4.69) is 0 Å². The minimum atomic E-state index is -0.501. The molecule has 0 radical (unpaired) electrons. The lowest BCUT2D eigenvalue weighted by Gasteiger charge is -2.14. The summed E-state index contributed by atoms with van der Waals surface area (Å²) in [6.45, 7) is 4.97. The summed E-state index contributed by atoms with van der Waals surface area (Å²) in [5, 5.41) is 0. The topological polar surface area (TPSA) is 63.7 Å². The number of fused-ring (bicyclic) bond motifs is 1. The fraction of sp³-hybridized carbons (Fsp3) is 0.190. The highest BCUT2D eigenvalue weighted by atomic mass is 16.5. The highest BCUT2D eigenvalue weighted by Gasteiger charge is 2.37. The van der Waals surface area contributed by atoms with Gasteiger partial charge >= 0.3 is 5.97 Å². The van der Waals surface area contributed by atoms with E-state index in [1.165, 1.54) is 14.0 Å². The zero-order valence-electron chi connectivity index (χ0n) is 15.1. The SMILES string of the molecule is COC(=O)c1cc2c(cc1C)/C(=C(\C)c1ccccc1)C(=O)N2C(C)=O. The fourth-order valence-electron chi connectivity index (χ4n) is 3.26. The molecule has 1 aliphatic heterocycles. The molecule has 2 amide bonds. The van der Waals surface area contributed by atoms with Crippen LogP contribution in [0.15, 0.2) is 42.5 Å². The van der Waals surface area contributed by atoms with E-state index in [0.29, 0.717) is 28.0 Å². The molecule has 0 bridgehead atoms. The normalized spacial score (nSPS) is 14.9. The van der Waals surface area contributed by atoms with E-state index in [9.17, 15) is 14.4 Å². The lowest BCUT2D eigenvalue weighted by molar-refractivity contribution is -0.122. The van der Waals surface area contributed by atoms with Crippen molar-refractivity contribution in [1.82, 2.24) is 0 Å². The summed E-state index contributed by atoms with van der Waals surface area (Å²) < 4.78 is 4.80. The van der Waals surface area contributed by atoms with Crippen LogP contribution in [-0.4, -0.2) is 24.9 Å². The van der Waals surface area contributed by atoms with Gasteiger partial charge in [-0.2, -0.15) is 0 Å². The van der Waals surface area contributed by atoms with Crippen LogP contribution < -0.4 is 4.90 Å². The largest absolute Gasteiger partial charge is 0.465 e. The van der Waals surface area contributed by atoms with Gasteiger partial charge in [-0.05, 0) is 42.7 Å². The predicted molar refractivity (Wildman–Crippen MR) is 99.6 cm³/mol. The third-order valence-corrected chi connectivity index (χ3v) is 4.57. The highest BCUT2D eigenvalue weighted by molar-refractivity contribution is 6.43. The van der Waals surface area contributed by atoms with Gasteiger partial charge in [0.25, 0.3) is 5.91 Å². The van der Waals surface area contributed by atoms with Crippen molar-refractivity contribution >= 4 is 34.6 Å². The Bertz CT molecular complexity index is 957. The molecule has 0 N–H and O–H groups in total. The number of carbonyl (C=O) groups excluding carboxylic acids is 3. The Hall–Kier alpha value is -3.21. The second-order valence-corrected chi connectivity index (χ2v) is 6.20. The third-order valence-electron chi connectivity index (χ3n) is 4.57. The molecule has 0 fully saturated rings. The van der Waals surface area contributed by atoms with Crippen LogP contribution in [0, 0.1) is 6.92 Å². The first kappa shape index (κ1) is 17.6. The number of hydrogen-bond donors (Lipinski definition) is 0. The molecule has 1 heterocycles. The Kier molecular flexibility index (Phi) is 4.47. The van der Waals surface area contributed by atoms with Crippen molar-refractivity contribution in [2.75, 3.05) is 12.0 Å². The van der Waals surface area contributed by atoms with Crippen molar-refractivity contribution < 1.29 is 19.1 Å². The van der Waals surface area contributed by atoms with E-state index in [1.807, 2.05) is 37.3 Å². The van der Waals surface area contributed by atoms with E-state index in [1.54, 1.807) is 19.1 Å². The summed E-state index contributed by atoms with van der Waals surface area (Å²) in [7, 11) is 1.30. The Morgan fingerprint density at radius 2 is 1.69 bits per heavy atom. The summed E-state index contributed by atoms with van der Waals surface area (Å²) in [5.41, 5.74) is 4.25. The van der Waals surface area contributed by atoms with Crippen LogP contribution in [0.3, 0.4) is 0 Å². The number of allylic oxidation sites excluding steroid dienone is 1. The molecule has 0 atom stereocenters. The second-order valence-electron chi connectivity index (χ2n) is 6.20. The van der Waals surface area contributed by atoms with Gasteiger partial charge in [0.1, 0.15) is 0 Å². The maximum Gasteiger partial charge on any atom is 0.338 e. The zero-order valence-corrected chi connectivity index (χ0v) is 15.1. The molecule has 0 aromatic heterocycles. The number of carbonyl (C=O) groups is 3.